The van der Waals surface area contributed by atoms with Gasteiger partial charge in [-0.15, -0.1) is 0 Å². The van der Waals surface area contributed by atoms with Gasteiger partial charge in [0.15, 0.2) is 0 Å². The van der Waals surface area contributed by atoms with E-state index in [0.717, 1.165) is 16.6 Å². The van der Waals surface area contributed by atoms with Crippen LogP contribution in [-0.4, -0.2) is 11.2 Å². The zero-order chi connectivity index (χ0) is 17.8. The van der Waals surface area contributed by atoms with E-state index in [2.05, 4.69) is 30.3 Å². The molecule has 0 saturated carbocycles. The number of ether oxygens (including phenoxy) is 1. The molecule has 26 heavy (non-hydrogen) atoms. The average molecular weight is 360 g/mol. The van der Waals surface area contributed by atoms with Crippen molar-refractivity contribution in [3.8, 4) is 5.75 Å². The zero-order valence-electron chi connectivity index (χ0n) is 14.2. The van der Waals surface area contributed by atoms with Crippen molar-refractivity contribution in [2.75, 3.05) is 6.61 Å². The first-order valence-corrected chi connectivity index (χ1v) is 9.37. The lowest BCUT2D eigenvalue weighted by atomic mass is 10.1. The summed E-state index contributed by atoms with van der Waals surface area (Å²) in [5.74, 6) is 0.699. The Labute approximate surface area is 156 Å². The van der Waals surface area contributed by atoms with Crippen LogP contribution in [0.3, 0.4) is 0 Å². The summed E-state index contributed by atoms with van der Waals surface area (Å²) in [7, 11) is 0. The number of hydrogen-bond acceptors (Lipinski definition) is 3. The van der Waals surface area contributed by atoms with E-state index in [1.54, 1.807) is 4.57 Å². The van der Waals surface area contributed by atoms with Crippen LogP contribution in [-0.2, 0) is 13.0 Å². The fourth-order valence-electron chi connectivity index (χ4n) is 2.98. The first-order valence-electron chi connectivity index (χ1n) is 8.55. The van der Waals surface area contributed by atoms with Crippen LogP contribution < -0.4 is 9.61 Å². The maximum Gasteiger partial charge on any atom is 0.308 e. The van der Waals surface area contributed by atoms with Crippen LogP contribution in [0.15, 0.2) is 77.6 Å². The molecule has 1 heterocycles. The van der Waals surface area contributed by atoms with Crippen molar-refractivity contribution in [3.05, 3.63) is 99.7 Å². The summed E-state index contributed by atoms with van der Waals surface area (Å²) in [5.41, 5.74) is 3.45. The molecule has 4 rings (SSSR count). The topological polar surface area (TPSA) is 31.2 Å². The highest BCUT2D eigenvalue weighted by Crippen LogP contribution is 2.21. The van der Waals surface area contributed by atoms with Gasteiger partial charge in [-0.05, 0) is 35.7 Å². The number of para-hydroxylation sites is 1. The molecular formula is C22H18NO2S. The van der Waals surface area contributed by atoms with Crippen molar-refractivity contribution >= 4 is 21.6 Å². The fourth-order valence-corrected chi connectivity index (χ4v) is 3.96. The molecule has 0 aliphatic rings. The molecule has 4 aromatic rings. The largest absolute Gasteiger partial charge is 0.491 e. The highest BCUT2D eigenvalue weighted by atomic mass is 32.1. The Morgan fingerprint density at radius 1 is 0.962 bits per heavy atom. The van der Waals surface area contributed by atoms with Gasteiger partial charge in [-0.25, -0.2) is 0 Å². The highest BCUT2D eigenvalue weighted by Gasteiger charge is 2.09. The van der Waals surface area contributed by atoms with Gasteiger partial charge in [-0.2, -0.15) is 0 Å². The standard InChI is InChI=1S/C22H18NO2S/c24-22-23(13-14-25-19-9-5-2-6-10-19)20-12-11-18(16-21(20)26-22)15-17-7-3-1-4-8-17/h1-9,11-12,16H,13-15H2. The summed E-state index contributed by atoms with van der Waals surface area (Å²) < 4.78 is 8.49. The second-order valence-electron chi connectivity index (χ2n) is 6.06. The predicted octanol–water partition coefficient (Wildman–Crippen LogP) is 4.53. The minimum Gasteiger partial charge on any atom is -0.491 e. The van der Waals surface area contributed by atoms with Crippen molar-refractivity contribution in [1.82, 2.24) is 4.57 Å². The maximum absolute atomic E-state index is 12.4. The van der Waals surface area contributed by atoms with E-state index in [4.69, 9.17) is 4.74 Å². The lowest BCUT2D eigenvalue weighted by Crippen LogP contribution is -2.17. The van der Waals surface area contributed by atoms with Gasteiger partial charge in [0.25, 0.3) is 0 Å². The Balaban J connectivity index is 1.51. The summed E-state index contributed by atoms with van der Waals surface area (Å²) in [6, 6.07) is 27.1. The van der Waals surface area contributed by atoms with Crippen LogP contribution in [0, 0.1) is 6.07 Å². The molecule has 0 spiro atoms. The summed E-state index contributed by atoms with van der Waals surface area (Å²) >= 11 is 1.29. The second-order valence-corrected chi connectivity index (χ2v) is 7.05. The van der Waals surface area contributed by atoms with Crippen molar-refractivity contribution in [1.29, 1.82) is 0 Å². The Hall–Kier alpha value is -2.85. The van der Waals surface area contributed by atoms with Crippen LogP contribution in [0.4, 0.5) is 0 Å². The summed E-state index contributed by atoms with van der Waals surface area (Å²) in [5, 5.41) is 0. The van der Waals surface area contributed by atoms with E-state index in [1.165, 1.54) is 22.5 Å². The van der Waals surface area contributed by atoms with Crippen molar-refractivity contribution < 1.29 is 4.74 Å². The molecule has 3 nitrogen and oxygen atoms in total. The Bertz CT molecular complexity index is 1050. The monoisotopic (exact) mass is 360 g/mol. The molecule has 0 aliphatic heterocycles. The number of nitrogens with zero attached hydrogens (tertiary/aromatic N) is 1. The SMILES string of the molecule is O=c1sc2cc(Cc3ccccc3)ccc2n1CCOc1[c]cccc1. The minimum atomic E-state index is 0.0532. The number of benzene rings is 3. The Morgan fingerprint density at radius 2 is 1.81 bits per heavy atom. The molecule has 0 amide bonds. The van der Waals surface area contributed by atoms with Crippen LogP contribution in [0.5, 0.6) is 5.75 Å². The highest BCUT2D eigenvalue weighted by molar-refractivity contribution is 7.16. The van der Waals surface area contributed by atoms with Crippen molar-refractivity contribution in [2.45, 2.75) is 13.0 Å². The maximum atomic E-state index is 12.4. The molecule has 129 valence electrons. The first kappa shape index (κ1) is 16.6. The summed E-state index contributed by atoms with van der Waals surface area (Å²) in [6.07, 6.45) is 0.871. The lowest BCUT2D eigenvalue weighted by Gasteiger charge is -2.07. The molecule has 0 fully saturated rings. The van der Waals surface area contributed by atoms with E-state index >= 15 is 0 Å². The van der Waals surface area contributed by atoms with Crippen LogP contribution in [0.25, 0.3) is 10.2 Å². The van der Waals surface area contributed by atoms with E-state index in [0.29, 0.717) is 18.9 Å². The number of rotatable bonds is 6. The smallest absolute Gasteiger partial charge is 0.308 e. The average Bonchev–Trinajstić information content (AvgIpc) is 2.98. The molecule has 1 radical (unpaired) electrons. The first-order chi connectivity index (χ1) is 12.8. The molecule has 0 atom stereocenters. The van der Waals surface area contributed by atoms with Gasteiger partial charge in [0.1, 0.15) is 12.4 Å². The Morgan fingerprint density at radius 3 is 2.62 bits per heavy atom. The Kier molecular flexibility index (Phi) is 4.84. The third-order valence-corrected chi connectivity index (χ3v) is 5.18. The van der Waals surface area contributed by atoms with Gasteiger partial charge in [0, 0.05) is 6.07 Å². The van der Waals surface area contributed by atoms with E-state index < -0.39 is 0 Å². The second kappa shape index (κ2) is 7.58. The summed E-state index contributed by atoms with van der Waals surface area (Å²) in [6.45, 7) is 0.970. The molecule has 0 unspecified atom stereocenters. The van der Waals surface area contributed by atoms with E-state index in [-0.39, 0.29) is 4.87 Å². The number of thiazole rings is 1. The van der Waals surface area contributed by atoms with Gasteiger partial charge >= 0.3 is 4.87 Å². The van der Waals surface area contributed by atoms with Crippen molar-refractivity contribution in [2.24, 2.45) is 0 Å². The van der Waals surface area contributed by atoms with Crippen LogP contribution in [0.2, 0.25) is 0 Å². The van der Waals surface area contributed by atoms with Crippen molar-refractivity contribution in [3.63, 3.8) is 0 Å². The molecule has 3 aromatic carbocycles. The lowest BCUT2D eigenvalue weighted by molar-refractivity contribution is 0.299. The van der Waals surface area contributed by atoms with Gasteiger partial charge < -0.3 is 4.74 Å². The third-order valence-electron chi connectivity index (χ3n) is 4.24. The van der Waals surface area contributed by atoms with Gasteiger partial charge in [0.2, 0.25) is 0 Å². The zero-order valence-corrected chi connectivity index (χ0v) is 15.0. The van der Waals surface area contributed by atoms with E-state index in [1.807, 2.05) is 48.5 Å². The molecule has 0 N–H and O–H groups in total. The number of hydrogen-bond donors (Lipinski definition) is 0. The molecule has 0 bridgehead atoms. The minimum absolute atomic E-state index is 0.0532. The predicted molar refractivity (Wildman–Crippen MR) is 106 cm³/mol. The van der Waals surface area contributed by atoms with Gasteiger partial charge in [-0.1, -0.05) is 65.9 Å². The third kappa shape index (κ3) is 3.70. The number of fused-ring (bicyclic) bond motifs is 1. The van der Waals surface area contributed by atoms with Crippen LogP contribution >= 0.6 is 11.3 Å². The van der Waals surface area contributed by atoms with E-state index in [9.17, 15) is 4.79 Å². The van der Waals surface area contributed by atoms with Crippen LogP contribution in [0.1, 0.15) is 11.1 Å². The quantitative estimate of drug-likeness (QED) is 0.506. The van der Waals surface area contributed by atoms with Gasteiger partial charge in [-0.3, -0.25) is 9.36 Å². The normalized spacial score (nSPS) is 10.9. The molecule has 0 saturated heterocycles. The van der Waals surface area contributed by atoms with Gasteiger partial charge in [0.05, 0.1) is 16.8 Å². The molecule has 4 heteroatoms. The molecule has 1 aromatic heterocycles. The molecular weight excluding hydrogens is 342 g/mol. The molecule has 0 aliphatic carbocycles. The number of aromatic nitrogens is 1. The summed E-state index contributed by atoms with van der Waals surface area (Å²) in [4.78, 5) is 12.4. The fraction of sp³-hybridized carbons (Fsp3) is 0.136.